The topological polar surface area (TPSA) is 80.7 Å². The highest BCUT2D eigenvalue weighted by Crippen LogP contribution is 2.51. The van der Waals surface area contributed by atoms with Crippen LogP contribution in [0.2, 0.25) is 0 Å². The molecule has 0 saturated heterocycles. The van der Waals surface area contributed by atoms with Crippen LogP contribution in [0.1, 0.15) is 21.3 Å². The second-order valence-corrected chi connectivity index (χ2v) is 7.09. The first kappa shape index (κ1) is 16.6. The molecule has 1 aliphatic heterocycles. The number of hydrogen-bond donors (Lipinski definition) is 2. The van der Waals surface area contributed by atoms with E-state index in [-0.39, 0.29) is 21.3 Å². The number of aromatic hydroxyl groups is 1. The molecule has 0 radical (unpaired) electrons. The molecule has 0 bridgehead atoms. The summed E-state index contributed by atoms with van der Waals surface area (Å²) in [5.74, 6) is 2.04. The standard InChI is InChI=1S/C22H18N2O4.2H2/c25-17-3-1-2-14(10-17)15-4-7-20(23-12-15)24-21(26)22(8-9-22)16-5-6-18-19(11-16)28-13-27-18;;/h1-7,10-12,25H,8-9,13H2,(H,23,24,26);2*1H. The molecule has 2 heterocycles. The fourth-order valence-electron chi connectivity index (χ4n) is 3.53. The molecule has 6 heteroatoms. The molecule has 1 aromatic heterocycles. The Kier molecular flexibility index (Phi) is 3.72. The number of benzene rings is 2. The third kappa shape index (κ3) is 2.83. The van der Waals surface area contributed by atoms with E-state index in [9.17, 15) is 9.90 Å². The van der Waals surface area contributed by atoms with E-state index in [2.05, 4.69) is 10.3 Å². The molecule has 1 aliphatic carbocycles. The van der Waals surface area contributed by atoms with Crippen LogP contribution in [0.4, 0.5) is 5.82 Å². The predicted molar refractivity (Wildman–Crippen MR) is 108 cm³/mol. The molecule has 2 N–H and O–H groups in total. The van der Waals surface area contributed by atoms with Crippen LogP contribution in [0.5, 0.6) is 17.2 Å². The molecule has 3 aromatic rings. The van der Waals surface area contributed by atoms with Gasteiger partial charge in [-0.25, -0.2) is 4.98 Å². The quantitative estimate of drug-likeness (QED) is 0.706. The van der Waals surface area contributed by atoms with E-state index < -0.39 is 5.41 Å². The fraction of sp³-hybridized carbons (Fsp3) is 0.182. The van der Waals surface area contributed by atoms with E-state index in [1.807, 2.05) is 30.3 Å². The summed E-state index contributed by atoms with van der Waals surface area (Å²) in [7, 11) is 0. The van der Waals surface area contributed by atoms with Gasteiger partial charge in [-0.1, -0.05) is 18.2 Å². The third-order valence-electron chi connectivity index (χ3n) is 5.29. The fourth-order valence-corrected chi connectivity index (χ4v) is 3.53. The number of amides is 1. The Labute approximate surface area is 164 Å². The lowest BCUT2D eigenvalue weighted by Crippen LogP contribution is -2.28. The van der Waals surface area contributed by atoms with Gasteiger partial charge in [-0.3, -0.25) is 4.79 Å². The van der Waals surface area contributed by atoms with Crippen LogP contribution in [0.25, 0.3) is 11.1 Å². The summed E-state index contributed by atoms with van der Waals surface area (Å²) in [6.45, 7) is 0.216. The molecule has 28 heavy (non-hydrogen) atoms. The number of pyridine rings is 1. The minimum Gasteiger partial charge on any atom is -0.508 e. The number of ether oxygens (including phenoxy) is 2. The molecule has 1 saturated carbocycles. The number of nitrogens with one attached hydrogen (secondary N) is 1. The predicted octanol–water partition coefficient (Wildman–Crippen LogP) is 4.35. The molecule has 0 atom stereocenters. The smallest absolute Gasteiger partial charge is 0.236 e. The molecule has 0 spiro atoms. The van der Waals surface area contributed by atoms with Gasteiger partial charge in [-0.2, -0.15) is 0 Å². The van der Waals surface area contributed by atoms with Crippen molar-refractivity contribution in [3.8, 4) is 28.4 Å². The summed E-state index contributed by atoms with van der Waals surface area (Å²) in [6.07, 6.45) is 3.27. The number of hydrogen-bond acceptors (Lipinski definition) is 5. The zero-order chi connectivity index (χ0) is 19.1. The van der Waals surface area contributed by atoms with Crippen molar-refractivity contribution in [1.29, 1.82) is 0 Å². The first-order valence-electron chi connectivity index (χ1n) is 9.11. The first-order chi connectivity index (χ1) is 13.6. The zero-order valence-corrected chi connectivity index (χ0v) is 15.0. The highest BCUT2D eigenvalue weighted by molar-refractivity contribution is 6.01. The Morgan fingerprint density at radius 2 is 1.89 bits per heavy atom. The summed E-state index contributed by atoms with van der Waals surface area (Å²) >= 11 is 0. The molecule has 5 rings (SSSR count). The minimum absolute atomic E-state index is 0. The monoisotopic (exact) mass is 378 g/mol. The second-order valence-electron chi connectivity index (χ2n) is 7.09. The van der Waals surface area contributed by atoms with Crippen molar-refractivity contribution in [2.24, 2.45) is 0 Å². The lowest BCUT2D eigenvalue weighted by Gasteiger charge is -2.16. The maximum absolute atomic E-state index is 12.9. The number of nitrogens with zero attached hydrogens (tertiary/aromatic N) is 1. The van der Waals surface area contributed by atoms with Gasteiger partial charge in [0, 0.05) is 14.6 Å². The SMILES string of the molecule is O=C(Nc1ccc(-c2cccc(O)c2)cn1)C1(c2ccc3c(c2)OCO3)CC1.[HH].[HH]. The van der Waals surface area contributed by atoms with E-state index in [0.717, 1.165) is 29.5 Å². The number of fused-ring (bicyclic) bond motifs is 1. The van der Waals surface area contributed by atoms with Crippen LogP contribution in [0.3, 0.4) is 0 Å². The summed E-state index contributed by atoms with van der Waals surface area (Å²) in [5, 5.41) is 12.5. The Hall–Kier alpha value is -3.54. The summed E-state index contributed by atoms with van der Waals surface area (Å²) < 4.78 is 10.8. The van der Waals surface area contributed by atoms with Gasteiger partial charge in [0.15, 0.2) is 11.5 Å². The van der Waals surface area contributed by atoms with Crippen molar-refractivity contribution >= 4 is 11.7 Å². The van der Waals surface area contributed by atoms with E-state index in [1.165, 1.54) is 0 Å². The van der Waals surface area contributed by atoms with Crippen LogP contribution in [0.15, 0.2) is 60.8 Å². The molecule has 2 aliphatic rings. The van der Waals surface area contributed by atoms with E-state index >= 15 is 0 Å². The Morgan fingerprint density at radius 1 is 1.04 bits per heavy atom. The minimum atomic E-state index is -0.535. The van der Waals surface area contributed by atoms with Crippen molar-refractivity contribution in [3.63, 3.8) is 0 Å². The normalized spacial score (nSPS) is 15.9. The number of aromatic nitrogens is 1. The number of phenols is 1. The lowest BCUT2D eigenvalue weighted by molar-refractivity contribution is -0.118. The van der Waals surface area contributed by atoms with Gasteiger partial charge in [0.05, 0.1) is 5.41 Å². The molecule has 1 amide bonds. The molecule has 1 fully saturated rings. The van der Waals surface area contributed by atoms with Gasteiger partial charge in [0.25, 0.3) is 0 Å². The molecular formula is C22H22N2O4. The van der Waals surface area contributed by atoms with E-state index in [0.29, 0.717) is 17.3 Å². The number of carbonyl (C=O) groups is 1. The van der Waals surface area contributed by atoms with Gasteiger partial charge in [0.1, 0.15) is 11.6 Å². The summed E-state index contributed by atoms with van der Waals surface area (Å²) in [5.41, 5.74) is 2.13. The van der Waals surface area contributed by atoms with Crippen molar-refractivity contribution in [1.82, 2.24) is 4.98 Å². The van der Waals surface area contributed by atoms with Gasteiger partial charge in [-0.15, -0.1) is 0 Å². The number of phenolic OH excluding ortho intramolecular Hbond substituents is 1. The Balaban J connectivity index is 0.00000128. The van der Waals surface area contributed by atoms with E-state index in [1.54, 1.807) is 30.5 Å². The number of anilines is 1. The van der Waals surface area contributed by atoms with Crippen LogP contribution in [0, 0.1) is 0 Å². The first-order valence-corrected chi connectivity index (χ1v) is 9.11. The summed E-state index contributed by atoms with van der Waals surface area (Å²) in [4.78, 5) is 17.3. The summed E-state index contributed by atoms with van der Waals surface area (Å²) in [6, 6.07) is 16.3. The molecule has 6 nitrogen and oxygen atoms in total. The van der Waals surface area contributed by atoms with Crippen LogP contribution in [-0.4, -0.2) is 22.8 Å². The number of rotatable bonds is 4. The van der Waals surface area contributed by atoms with Gasteiger partial charge in [0.2, 0.25) is 12.7 Å². The molecule has 2 aromatic carbocycles. The highest BCUT2D eigenvalue weighted by Gasteiger charge is 2.51. The third-order valence-corrected chi connectivity index (χ3v) is 5.29. The van der Waals surface area contributed by atoms with Crippen molar-refractivity contribution in [2.75, 3.05) is 12.1 Å². The van der Waals surface area contributed by atoms with Crippen LogP contribution >= 0.6 is 0 Å². The highest BCUT2D eigenvalue weighted by atomic mass is 16.7. The van der Waals surface area contributed by atoms with Crippen LogP contribution in [-0.2, 0) is 10.2 Å². The van der Waals surface area contributed by atoms with E-state index in [4.69, 9.17) is 9.47 Å². The van der Waals surface area contributed by atoms with Gasteiger partial charge in [-0.05, 0) is 60.4 Å². The Morgan fingerprint density at radius 3 is 2.64 bits per heavy atom. The van der Waals surface area contributed by atoms with Crippen LogP contribution < -0.4 is 14.8 Å². The average molecular weight is 378 g/mol. The molecule has 0 unspecified atom stereocenters. The lowest BCUT2D eigenvalue weighted by atomic mass is 9.94. The largest absolute Gasteiger partial charge is 0.508 e. The Bertz CT molecular complexity index is 1070. The van der Waals surface area contributed by atoms with Crippen molar-refractivity contribution in [3.05, 3.63) is 66.4 Å². The average Bonchev–Trinajstić information content (AvgIpc) is 3.40. The maximum Gasteiger partial charge on any atom is 0.236 e. The van der Waals surface area contributed by atoms with Gasteiger partial charge < -0.3 is 19.9 Å². The molecule has 144 valence electrons. The number of carbonyl (C=O) groups excluding carboxylic acids is 1. The molecular weight excluding hydrogens is 356 g/mol. The van der Waals surface area contributed by atoms with Crippen molar-refractivity contribution in [2.45, 2.75) is 18.3 Å². The maximum atomic E-state index is 12.9. The van der Waals surface area contributed by atoms with Gasteiger partial charge >= 0.3 is 0 Å². The zero-order valence-electron chi connectivity index (χ0n) is 15.0. The second kappa shape index (κ2) is 6.27. The van der Waals surface area contributed by atoms with Crippen molar-refractivity contribution < 1.29 is 22.2 Å².